The summed E-state index contributed by atoms with van der Waals surface area (Å²) >= 11 is 0. The van der Waals surface area contributed by atoms with Gasteiger partial charge in [0.1, 0.15) is 6.04 Å². The quantitative estimate of drug-likeness (QED) is 0.862. The molecule has 1 aromatic heterocycles. The second-order valence-electron chi connectivity index (χ2n) is 5.68. The number of carboxylic acid groups (broad SMARTS) is 1. The van der Waals surface area contributed by atoms with E-state index in [-0.39, 0.29) is 6.03 Å². The van der Waals surface area contributed by atoms with Gasteiger partial charge < -0.3 is 15.3 Å². The molecule has 0 spiro atoms. The molecule has 2 amide bonds. The van der Waals surface area contributed by atoms with Crippen molar-refractivity contribution in [2.45, 2.75) is 32.2 Å². The zero-order valence-corrected chi connectivity index (χ0v) is 12.5. The maximum absolute atomic E-state index is 12.1. The van der Waals surface area contributed by atoms with E-state index in [0.29, 0.717) is 31.8 Å². The van der Waals surface area contributed by atoms with E-state index in [1.54, 1.807) is 10.9 Å². The largest absolute Gasteiger partial charge is 0.480 e. The molecule has 2 heterocycles. The number of nitrogens with zero attached hydrogens (tertiary/aromatic N) is 3. The molecule has 0 bridgehead atoms. The van der Waals surface area contributed by atoms with Crippen LogP contribution in [0.15, 0.2) is 12.4 Å². The third-order valence-corrected chi connectivity index (χ3v) is 3.86. The molecule has 2 atom stereocenters. The van der Waals surface area contributed by atoms with Crippen LogP contribution in [-0.2, 0) is 18.3 Å². The van der Waals surface area contributed by atoms with Crippen LogP contribution in [0.4, 0.5) is 4.79 Å². The molecular weight excluding hydrogens is 272 g/mol. The summed E-state index contributed by atoms with van der Waals surface area (Å²) < 4.78 is 1.71. The number of hydrogen-bond donors (Lipinski definition) is 2. The summed E-state index contributed by atoms with van der Waals surface area (Å²) in [5, 5.41) is 16.1. The Morgan fingerprint density at radius 3 is 2.90 bits per heavy atom. The van der Waals surface area contributed by atoms with Gasteiger partial charge in [-0.3, -0.25) is 4.68 Å². The van der Waals surface area contributed by atoms with E-state index >= 15 is 0 Å². The van der Waals surface area contributed by atoms with Crippen molar-refractivity contribution in [3.05, 3.63) is 18.0 Å². The Labute approximate surface area is 123 Å². The molecule has 0 aromatic carbocycles. The topological polar surface area (TPSA) is 87.5 Å². The fourth-order valence-electron chi connectivity index (χ4n) is 2.64. The van der Waals surface area contributed by atoms with E-state index in [1.165, 1.54) is 4.90 Å². The first-order valence-corrected chi connectivity index (χ1v) is 7.22. The summed E-state index contributed by atoms with van der Waals surface area (Å²) in [6.45, 7) is 2.99. The lowest BCUT2D eigenvalue weighted by Gasteiger charge is -2.35. The van der Waals surface area contributed by atoms with Crippen molar-refractivity contribution in [3.8, 4) is 0 Å². The molecule has 2 rings (SSSR count). The van der Waals surface area contributed by atoms with Gasteiger partial charge in [0.15, 0.2) is 0 Å². The molecule has 7 nitrogen and oxygen atoms in total. The van der Waals surface area contributed by atoms with Crippen molar-refractivity contribution in [2.75, 3.05) is 13.1 Å². The molecular formula is C14H22N4O3. The predicted molar refractivity (Wildman–Crippen MR) is 76.8 cm³/mol. The number of hydrogen-bond acceptors (Lipinski definition) is 3. The van der Waals surface area contributed by atoms with Gasteiger partial charge in [-0.2, -0.15) is 5.10 Å². The van der Waals surface area contributed by atoms with Crippen molar-refractivity contribution in [1.82, 2.24) is 20.0 Å². The number of urea groups is 1. The number of aryl methyl sites for hydroxylation is 1. The highest BCUT2D eigenvalue weighted by Gasteiger charge is 2.34. The number of nitrogens with one attached hydrogen (secondary N) is 1. The maximum Gasteiger partial charge on any atom is 0.326 e. The van der Waals surface area contributed by atoms with Crippen molar-refractivity contribution < 1.29 is 14.7 Å². The minimum Gasteiger partial charge on any atom is -0.480 e. The number of aromatic nitrogens is 2. The standard InChI is InChI=1S/C14H22N4O3/c1-10-4-6-18(12(7-10)13(19)20)14(21)15-5-3-11-8-16-17(2)9-11/h8-10,12H,3-7H2,1-2H3,(H,15,21)(H,19,20). The normalized spacial score (nSPS) is 22.1. The monoisotopic (exact) mass is 294 g/mol. The Morgan fingerprint density at radius 2 is 2.29 bits per heavy atom. The van der Waals surface area contributed by atoms with E-state index < -0.39 is 12.0 Å². The molecule has 116 valence electrons. The molecule has 0 aliphatic carbocycles. The van der Waals surface area contributed by atoms with Crippen LogP contribution < -0.4 is 5.32 Å². The van der Waals surface area contributed by atoms with Crippen LogP contribution >= 0.6 is 0 Å². The Hall–Kier alpha value is -2.05. The molecule has 21 heavy (non-hydrogen) atoms. The van der Waals surface area contributed by atoms with Gasteiger partial charge >= 0.3 is 12.0 Å². The molecule has 1 saturated heterocycles. The van der Waals surface area contributed by atoms with E-state index in [1.807, 2.05) is 20.2 Å². The van der Waals surface area contributed by atoms with Crippen LogP contribution in [-0.4, -0.2) is 50.9 Å². The van der Waals surface area contributed by atoms with E-state index in [0.717, 1.165) is 12.0 Å². The number of likely N-dealkylation sites (tertiary alicyclic amines) is 1. The van der Waals surface area contributed by atoms with Gasteiger partial charge in [-0.1, -0.05) is 6.92 Å². The third-order valence-electron chi connectivity index (χ3n) is 3.86. The van der Waals surface area contributed by atoms with Crippen LogP contribution in [0.1, 0.15) is 25.3 Å². The number of piperidine rings is 1. The highest BCUT2D eigenvalue weighted by molar-refractivity contribution is 5.82. The van der Waals surface area contributed by atoms with Gasteiger partial charge in [0.2, 0.25) is 0 Å². The van der Waals surface area contributed by atoms with Crippen molar-refractivity contribution in [2.24, 2.45) is 13.0 Å². The van der Waals surface area contributed by atoms with Gasteiger partial charge in [0.05, 0.1) is 6.20 Å². The summed E-state index contributed by atoms with van der Waals surface area (Å²) in [6.07, 6.45) is 5.70. The number of rotatable bonds is 4. The van der Waals surface area contributed by atoms with Crippen molar-refractivity contribution in [3.63, 3.8) is 0 Å². The SMILES string of the molecule is CC1CCN(C(=O)NCCc2cnn(C)c2)C(C(=O)O)C1. The second-order valence-corrected chi connectivity index (χ2v) is 5.68. The predicted octanol–water partition coefficient (Wildman–Crippen LogP) is 0.857. The van der Waals surface area contributed by atoms with Gasteiger partial charge in [-0.05, 0) is 30.7 Å². The molecule has 1 aliphatic heterocycles. The first kappa shape index (κ1) is 15.3. The molecule has 0 saturated carbocycles. The smallest absolute Gasteiger partial charge is 0.326 e. The summed E-state index contributed by atoms with van der Waals surface area (Å²) in [6, 6.07) is -1.01. The van der Waals surface area contributed by atoms with Crippen molar-refractivity contribution in [1.29, 1.82) is 0 Å². The Bertz CT molecular complexity index is 514. The molecule has 0 radical (unpaired) electrons. The summed E-state index contributed by atoms with van der Waals surface area (Å²) in [5.74, 6) is -0.588. The van der Waals surface area contributed by atoms with Gasteiger partial charge in [-0.25, -0.2) is 9.59 Å². The third kappa shape index (κ3) is 3.96. The van der Waals surface area contributed by atoms with E-state index in [2.05, 4.69) is 10.4 Å². The fraction of sp³-hybridized carbons (Fsp3) is 0.643. The number of carbonyl (C=O) groups excluding carboxylic acids is 1. The van der Waals surface area contributed by atoms with E-state index in [9.17, 15) is 14.7 Å². The number of amides is 2. The Balaban J connectivity index is 1.85. The Kier molecular flexibility index (Phi) is 4.82. The molecule has 1 fully saturated rings. The first-order valence-electron chi connectivity index (χ1n) is 7.22. The van der Waals surface area contributed by atoms with Crippen LogP contribution in [0.5, 0.6) is 0 Å². The van der Waals surface area contributed by atoms with Crippen LogP contribution in [0.2, 0.25) is 0 Å². The lowest BCUT2D eigenvalue weighted by molar-refractivity contribution is -0.143. The highest BCUT2D eigenvalue weighted by atomic mass is 16.4. The van der Waals surface area contributed by atoms with Gasteiger partial charge in [0.25, 0.3) is 0 Å². The fourth-order valence-corrected chi connectivity index (χ4v) is 2.64. The molecule has 1 aromatic rings. The lowest BCUT2D eigenvalue weighted by atomic mass is 9.93. The zero-order valence-electron chi connectivity index (χ0n) is 12.5. The molecule has 1 aliphatic rings. The maximum atomic E-state index is 12.1. The van der Waals surface area contributed by atoms with Crippen molar-refractivity contribution >= 4 is 12.0 Å². The average molecular weight is 294 g/mol. The van der Waals surface area contributed by atoms with Gasteiger partial charge in [0, 0.05) is 26.3 Å². The lowest BCUT2D eigenvalue weighted by Crippen LogP contribution is -2.53. The molecule has 2 N–H and O–H groups in total. The van der Waals surface area contributed by atoms with Crippen LogP contribution in [0, 0.1) is 5.92 Å². The Morgan fingerprint density at radius 1 is 1.52 bits per heavy atom. The highest BCUT2D eigenvalue weighted by Crippen LogP contribution is 2.22. The van der Waals surface area contributed by atoms with E-state index in [4.69, 9.17) is 0 Å². The zero-order chi connectivity index (χ0) is 15.4. The number of carboxylic acids is 1. The number of aliphatic carboxylic acids is 1. The number of carbonyl (C=O) groups is 2. The van der Waals surface area contributed by atoms with Gasteiger partial charge in [-0.15, -0.1) is 0 Å². The average Bonchev–Trinajstić information content (AvgIpc) is 2.84. The van der Waals surface area contributed by atoms with Crippen LogP contribution in [0.25, 0.3) is 0 Å². The summed E-state index contributed by atoms with van der Waals surface area (Å²) in [4.78, 5) is 24.9. The summed E-state index contributed by atoms with van der Waals surface area (Å²) in [5.41, 5.74) is 1.04. The second kappa shape index (κ2) is 6.60. The first-order chi connectivity index (χ1) is 9.97. The van der Waals surface area contributed by atoms with Crippen LogP contribution in [0.3, 0.4) is 0 Å². The summed E-state index contributed by atoms with van der Waals surface area (Å²) in [7, 11) is 1.84. The molecule has 7 heteroatoms. The molecule has 2 unspecified atom stereocenters. The minimum atomic E-state index is -0.927. The minimum absolute atomic E-state index is 0.293.